The number of halogens is 1. The quantitative estimate of drug-likeness (QED) is 0.803. The van der Waals surface area contributed by atoms with Crippen LogP contribution in [0.2, 0.25) is 0 Å². The molecule has 0 aliphatic carbocycles. The molecule has 0 unspecified atom stereocenters. The summed E-state index contributed by atoms with van der Waals surface area (Å²) >= 11 is 0. The fraction of sp³-hybridized carbons (Fsp3) is 0.583. The average molecular weight is 226 g/mol. The van der Waals surface area contributed by atoms with E-state index in [0.29, 0.717) is 12.6 Å². The molecule has 0 saturated carbocycles. The molecule has 0 radical (unpaired) electrons. The zero-order valence-electron chi connectivity index (χ0n) is 9.86. The van der Waals surface area contributed by atoms with Gasteiger partial charge in [-0.15, -0.1) is 0 Å². The van der Waals surface area contributed by atoms with Crippen molar-refractivity contribution in [3.63, 3.8) is 0 Å². The molecule has 0 aliphatic heterocycles. The molecule has 0 spiro atoms. The van der Waals surface area contributed by atoms with E-state index in [-0.39, 0.29) is 12.4 Å². The fourth-order valence-corrected chi connectivity index (χ4v) is 1.57. The smallest absolute Gasteiger partial charge is 0.141 e. The van der Waals surface area contributed by atoms with Crippen molar-refractivity contribution in [1.29, 1.82) is 0 Å². The van der Waals surface area contributed by atoms with Gasteiger partial charge < -0.3 is 5.11 Å². The lowest BCUT2D eigenvalue weighted by atomic mass is 10.2. The van der Waals surface area contributed by atoms with Crippen LogP contribution in [0.4, 0.5) is 4.39 Å². The van der Waals surface area contributed by atoms with Crippen molar-refractivity contribution in [2.75, 3.05) is 13.2 Å². The third-order valence-electron chi connectivity index (χ3n) is 2.48. The number of hydrogen-bond acceptors (Lipinski definition) is 3. The molecule has 1 aromatic heterocycles. The van der Waals surface area contributed by atoms with Gasteiger partial charge >= 0.3 is 0 Å². The molecule has 1 heterocycles. The standard InChI is InChI=1S/C12H19FN2O/c1-10(2)15(4-3-5-16)9-11-6-12(13)8-14-7-11/h6-8,10,16H,3-5,9H2,1-2H3. The first-order chi connectivity index (χ1) is 7.63. The first kappa shape index (κ1) is 13.1. The van der Waals surface area contributed by atoms with Gasteiger partial charge in [0, 0.05) is 31.9 Å². The minimum atomic E-state index is -0.302. The van der Waals surface area contributed by atoms with Gasteiger partial charge in [-0.3, -0.25) is 9.88 Å². The van der Waals surface area contributed by atoms with Crippen LogP contribution in [-0.2, 0) is 6.54 Å². The largest absolute Gasteiger partial charge is 0.396 e. The van der Waals surface area contributed by atoms with Crippen LogP contribution in [-0.4, -0.2) is 34.2 Å². The van der Waals surface area contributed by atoms with Gasteiger partial charge in [-0.25, -0.2) is 4.39 Å². The van der Waals surface area contributed by atoms with Gasteiger partial charge in [0.2, 0.25) is 0 Å². The normalized spacial score (nSPS) is 11.4. The minimum Gasteiger partial charge on any atom is -0.396 e. The van der Waals surface area contributed by atoms with Gasteiger partial charge in [0.1, 0.15) is 5.82 Å². The maximum absolute atomic E-state index is 12.9. The highest BCUT2D eigenvalue weighted by Gasteiger charge is 2.10. The van der Waals surface area contributed by atoms with Gasteiger partial charge in [0.15, 0.2) is 0 Å². The molecule has 1 N–H and O–H groups in total. The van der Waals surface area contributed by atoms with E-state index in [2.05, 4.69) is 23.7 Å². The Labute approximate surface area is 95.9 Å². The number of aliphatic hydroxyl groups is 1. The maximum atomic E-state index is 12.9. The summed E-state index contributed by atoms with van der Waals surface area (Å²) in [4.78, 5) is 6.01. The predicted octanol–water partition coefficient (Wildman–Crippen LogP) is 1.81. The Morgan fingerprint density at radius 3 is 2.75 bits per heavy atom. The van der Waals surface area contributed by atoms with E-state index in [4.69, 9.17) is 5.11 Å². The van der Waals surface area contributed by atoms with Crippen LogP contribution >= 0.6 is 0 Å². The molecule has 0 amide bonds. The van der Waals surface area contributed by atoms with E-state index in [1.807, 2.05) is 0 Å². The number of rotatable bonds is 6. The highest BCUT2D eigenvalue weighted by Crippen LogP contribution is 2.09. The van der Waals surface area contributed by atoms with Crippen LogP contribution < -0.4 is 0 Å². The van der Waals surface area contributed by atoms with Crippen LogP contribution in [0.5, 0.6) is 0 Å². The minimum absolute atomic E-state index is 0.185. The van der Waals surface area contributed by atoms with E-state index in [0.717, 1.165) is 18.5 Å². The number of nitrogens with zero attached hydrogens (tertiary/aromatic N) is 2. The lowest BCUT2D eigenvalue weighted by Gasteiger charge is -2.26. The summed E-state index contributed by atoms with van der Waals surface area (Å²) in [5.41, 5.74) is 0.867. The van der Waals surface area contributed by atoms with Crippen LogP contribution in [0.25, 0.3) is 0 Å². The van der Waals surface area contributed by atoms with Crippen molar-refractivity contribution in [2.24, 2.45) is 0 Å². The lowest BCUT2D eigenvalue weighted by molar-refractivity contribution is 0.184. The molecule has 0 saturated heterocycles. The lowest BCUT2D eigenvalue weighted by Crippen LogP contribution is -2.31. The molecule has 1 aromatic rings. The molecule has 3 nitrogen and oxygen atoms in total. The molecule has 0 bridgehead atoms. The first-order valence-corrected chi connectivity index (χ1v) is 5.58. The molecular formula is C12H19FN2O. The zero-order valence-corrected chi connectivity index (χ0v) is 9.86. The van der Waals surface area contributed by atoms with Crippen molar-refractivity contribution in [1.82, 2.24) is 9.88 Å². The molecule has 1 rings (SSSR count). The van der Waals surface area contributed by atoms with Crippen LogP contribution in [0.3, 0.4) is 0 Å². The Hall–Kier alpha value is -1.00. The van der Waals surface area contributed by atoms with Crippen LogP contribution in [0.1, 0.15) is 25.8 Å². The Morgan fingerprint density at radius 1 is 1.44 bits per heavy atom. The van der Waals surface area contributed by atoms with Gasteiger partial charge in [-0.05, 0) is 31.9 Å². The Balaban J connectivity index is 2.60. The Morgan fingerprint density at radius 2 is 2.19 bits per heavy atom. The number of aromatic nitrogens is 1. The molecule has 0 aliphatic rings. The topological polar surface area (TPSA) is 36.4 Å². The summed E-state index contributed by atoms with van der Waals surface area (Å²) in [5.74, 6) is -0.302. The summed E-state index contributed by atoms with van der Waals surface area (Å²) in [6.45, 7) is 5.84. The van der Waals surface area contributed by atoms with Crippen LogP contribution in [0.15, 0.2) is 18.5 Å². The van der Waals surface area contributed by atoms with Gasteiger partial charge in [0.05, 0.1) is 6.20 Å². The third kappa shape index (κ3) is 4.24. The highest BCUT2D eigenvalue weighted by atomic mass is 19.1. The van der Waals surface area contributed by atoms with E-state index >= 15 is 0 Å². The summed E-state index contributed by atoms with van der Waals surface area (Å²) in [6, 6.07) is 1.87. The average Bonchev–Trinajstić information content (AvgIpc) is 2.24. The monoisotopic (exact) mass is 226 g/mol. The second kappa shape index (κ2) is 6.55. The number of hydrogen-bond donors (Lipinski definition) is 1. The third-order valence-corrected chi connectivity index (χ3v) is 2.48. The van der Waals surface area contributed by atoms with E-state index in [1.165, 1.54) is 12.3 Å². The van der Waals surface area contributed by atoms with E-state index in [1.54, 1.807) is 6.20 Å². The molecular weight excluding hydrogens is 207 g/mol. The molecule has 16 heavy (non-hydrogen) atoms. The van der Waals surface area contributed by atoms with Crippen molar-refractivity contribution in [3.05, 3.63) is 29.8 Å². The molecule has 90 valence electrons. The van der Waals surface area contributed by atoms with Crippen molar-refractivity contribution in [3.8, 4) is 0 Å². The molecule has 0 fully saturated rings. The Bertz CT molecular complexity index is 318. The van der Waals surface area contributed by atoms with Gasteiger partial charge in [0.25, 0.3) is 0 Å². The van der Waals surface area contributed by atoms with E-state index < -0.39 is 0 Å². The predicted molar refractivity (Wildman–Crippen MR) is 61.4 cm³/mol. The summed E-state index contributed by atoms with van der Waals surface area (Å²) < 4.78 is 12.9. The second-order valence-corrected chi connectivity index (χ2v) is 4.15. The van der Waals surface area contributed by atoms with Crippen molar-refractivity contribution in [2.45, 2.75) is 32.9 Å². The highest BCUT2D eigenvalue weighted by molar-refractivity contribution is 5.10. The van der Waals surface area contributed by atoms with E-state index in [9.17, 15) is 4.39 Å². The van der Waals surface area contributed by atoms with Gasteiger partial charge in [-0.1, -0.05) is 0 Å². The number of pyridine rings is 1. The summed E-state index contributed by atoms with van der Waals surface area (Å²) in [6.07, 6.45) is 3.62. The second-order valence-electron chi connectivity index (χ2n) is 4.15. The molecule has 0 atom stereocenters. The van der Waals surface area contributed by atoms with Crippen molar-refractivity contribution < 1.29 is 9.50 Å². The van der Waals surface area contributed by atoms with Crippen LogP contribution in [0, 0.1) is 5.82 Å². The zero-order chi connectivity index (χ0) is 12.0. The fourth-order valence-electron chi connectivity index (χ4n) is 1.57. The van der Waals surface area contributed by atoms with Crippen molar-refractivity contribution >= 4 is 0 Å². The maximum Gasteiger partial charge on any atom is 0.141 e. The Kier molecular flexibility index (Phi) is 5.35. The number of aliphatic hydroxyl groups excluding tert-OH is 1. The molecule has 0 aromatic carbocycles. The SMILES string of the molecule is CC(C)N(CCCO)Cc1cncc(F)c1. The molecule has 4 heteroatoms. The first-order valence-electron chi connectivity index (χ1n) is 5.58. The summed E-state index contributed by atoms with van der Waals surface area (Å²) in [5, 5.41) is 8.81. The summed E-state index contributed by atoms with van der Waals surface area (Å²) in [7, 11) is 0. The van der Waals surface area contributed by atoms with Gasteiger partial charge in [-0.2, -0.15) is 0 Å².